The standard InChI is InChI=1S/C21H17N3O7/c25-17(22-10-8-13-4-1-2-6-15(13)22)12-31-18(26)9-11-23-20(27)14-5-3-7-16(24(29)30)19(14)21(23)28/h1-7H,8-12H2. The van der Waals surface area contributed by atoms with Crippen LogP contribution in [0.1, 0.15) is 32.7 Å². The van der Waals surface area contributed by atoms with Gasteiger partial charge in [0.05, 0.1) is 16.9 Å². The quantitative estimate of drug-likeness (QED) is 0.299. The summed E-state index contributed by atoms with van der Waals surface area (Å²) in [7, 11) is 0. The number of nitro benzene ring substituents is 1. The molecule has 0 saturated carbocycles. The SMILES string of the molecule is O=C(CCN1C(=O)c2cccc([N+](=O)[O-])c2C1=O)OCC(=O)N1CCc2ccccc21. The normalized spacial score (nSPS) is 14.5. The number of fused-ring (bicyclic) bond motifs is 2. The maximum Gasteiger partial charge on any atom is 0.308 e. The predicted molar refractivity (Wildman–Crippen MR) is 107 cm³/mol. The zero-order valence-corrected chi connectivity index (χ0v) is 16.3. The molecule has 158 valence electrons. The summed E-state index contributed by atoms with van der Waals surface area (Å²) in [6.45, 7) is -0.257. The van der Waals surface area contributed by atoms with Crippen molar-refractivity contribution >= 4 is 35.1 Å². The number of esters is 1. The van der Waals surface area contributed by atoms with Crippen molar-refractivity contribution < 1.29 is 28.8 Å². The van der Waals surface area contributed by atoms with Crippen LogP contribution in [0.3, 0.4) is 0 Å². The molecule has 0 aromatic heterocycles. The van der Waals surface area contributed by atoms with Crippen LogP contribution in [-0.2, 0) is 20.7 Å². The van der Waals surface area contributed by atoms with Crippen LogP contribution in [-0.4, -0.2) is 53.2 Å². The summed E-state index contributed by atoms with van der Waals surface area (Å²) in [5.74, 6) is -2.66. The third kappa shape index (κ3) is 3.63. The van der Waals surface area contributed by atoms with Crippen molar-refractivity contribution in [2.24, 2.45) is 0 Å². The fourth-order valence-corrected chi connectivity index (χ4v) is 3.76. The minimum atomic E-state index is -0.829. The van der Waals surface area contributed by atoms with E-state index in [0.29, 0.717) is 6.54 Å². The summed E-state index contributed by atoms with van der Waals surface area (Å²) in [6, 6.07) is 11.3. The number of rotatable bonds is 6. The van der Waals surface area contributed by atoms with Crippen molar-refractivity contribution in [2.45, 2.75) is 12.8 Å². The summed E-state index contributed by atoms with van der Waals surface area (Å²) in [5.41, 5.74) is 1.01. The molecular weight excluding hydrogens is 406 g/mol. The first-order valence-electron chi connectivity index (χ1n) is 9.56. The van der Waals surface area contributed by atoms with Gasteiger partial charge in [-0.25, -0.2) is 0 Å². The van der Waals surface area contributed by atoms with Crippen LogP contribution in [0, 0.1) is 10.1 Å². The van der Waals surface area contributed by atoms with Crippen LogP contribution >= 0.6 is 0 Å². The van der Waals surface area contributed by atoms with E-state index in [0.717, 1.165) is 28.6 Å². The van der Waals surface area contributed by atoms with Gasteiger partial charge in [0, 0.05) is 24.8 Å². The zero-order valence-electron chi connectivity index (χ0n) is 16.3. The topological polar surface area (TPSA) is 127 Å². The van der Waals surface area contributed by atoms with E-state index in [2.05, 4.69) is 0 Å². The van der Waals surface area contributed by atoms with Crippen molar-refractivity contribution in [3.63, 3.8) is 0 Å². The minimum Gasteiger partial charge on any atom is -0.455 e. The number of hydrogen-bond acceptors (Lipinski definition) is 7. The lowest BCUT2D eigenvalue weighted by Gasteiger charge is -2.17. The Morgan fingerprint density at radius 2 is 1.84 bits per heavy atom. The molecule has 31 heavy (non-hydrogen) atoms. The first kappa shape index (κ1) is 20.2. The average Bonchev–Trinajstić information content (AvgIpc) is 3.30. The van der Waals surface area contributed by atoms with Gasteiger partial charge in [0.15, 0.2) is 6.61 Å². The fraction of sp³-hybridized carbons (Fsp3) is 0.238. The molecule has 10 heteroatoms. The fourth-order valence-electron chi connectivity index (χ4n) is 3.76. The number of ether oxygens (including phenoxy) is 1. The van der Waals surface area contributed by atoms with Crippen LogP contribution in [0.25, 0.3) is 0 Å². The van der Waals surface area contributed by atoms with E-state index >= 15 is 0 Å². The van der Waals surface area contributed by atoms with Crippen LogP contribution < -0.4 is 4.90 Å². The Kier molecular flexibility index (Phi) is 5.20. The number of nitrogens with zero attached hydrogens (tertiary/aromatic N) is 3. The molecule has 2 aliphatic heterocycles. The number of hydrogen-bond donors (Lipinski definition) is 0. The van der Waals surface area contributed by atoms with Gasteiger partial charge >= 0.3 is 5.97 Å². The number of nitro groups is 1. The van der Waals surface area contributed by atoms with Crippen LogP contribution in [0.4, 0.5) is 11.4 Å². The van der Waals surface area contributed by atoms with Crippen LogP contribution in [0.2, 0.25) is 0 Å². The van der Waals surface area contributed by atoms with Gasteiger partial charge in [-0.2, -0.15) is 0 Å². The smallest absolute Gasteiger partial charge is 0.308 e. The summed E-state index contributed by atoms with van der Waals surface area (Å²) in [4.78, 5) is 62.1. The van der Waals surface area contributed by atoms with E-state index < -0.39 is 35.0 Å². The Bertz CT molecular complexity index is 1130. The van der Waals surface area contributed by atoms with Gasteiger partial charge in [-0.05, 0) is 24.1 Å². The highest BCUT2D eigenvalue weighted by molar-refractivity contribution is 6.23. The third-order valence-electron chi connectivity index (χ3n) is 5.26. The van der Waals surface area contributed by atoms with Crippen molar-refractivity contribution in [1.29, 1.82) is 0 Å². The maximum absolute atomic E-state index is 12.5. The lowest BCUT2D eigenvalue weighted by atomic mass is 10.1. The summed E-state index contributed by atoms with van der Waals surface area (Å²) in [6.07, 6.45) is 0.394. The molecule has 0 atom stereocenters. The van der Waals surface area contributed by atoms with Gasteiger partial charge < -0.3 is 9.64 Å². The second-order valence-electron chi connectivity index (χ2n) is 7.05. The van der Waals surface area contributed by atoms with E-state index in [1.54, 1.807) is 4.90 Å². The highest BCUT2D eigenvalue weighted by Crippen LogP contribution is 2.31. The van der Waals surface area contributed by atoms with Gasteiger partial charge in [-0.15, -0.1) is 0 Å². The molecule has 0 N–H and O–H groups in total. The lowest BCUT2D eigenvalue weighted by Crippen LogP contribution is -2.35. The molecular formula is C21H17N3O7. The van der Waals surface area contributed by atoms with Gasteiger partial charge in [-0.1, -0.05) is 24.3 Å². The lowest BCUT2D eigenvalue weighted by molar-refractivity contribution is -0.385. The Balaban J connectivity index is 1.33. The average molecular weight is 423 g/mol. The van der Waals surface area contributed by atoms with Crippen LogP contribution in [0.5, 0.6) is 0 Å². The Hall–Kier alpha value is -4.08. The predicted octanol–water partition coefficient (Wildman–Crippen LogP) is 1.71. The molecule has 2 aromatic carbocycles. The second-order valence-corrected chi connectivity index (χ2v) is 7.05. The summed E-state index contributed by atoms with van der Waals surface area (Å²) in [5, 5.41) is 11.1. The van der Waals surface area contributed by atoms with E-state index in [1.165, 1.54) is 12.1 Å². The highest BCUT2D eigenvalue weighted by Gasteiger charge is 2.40. The Morgan fingerprint density at radius 1 is 1.06 bits per heavy atom. The van der Waals surface area contributed by atoms with E-state index in [9.17, 15) is 29.3 Å². The highest BCUT2D eigenvalue weighted by atomic mass is 16.6. The van der Waals surface area contributed by atoms with E-state index in [1.807, 2.05) is 24.3 Å². The maximum atomic E-state index is 12.5. The van der Waals surface area contributed by atoms with Gasteiger partial charge in [0.2, 0.25) is 0 Å². The number of carbonyl (C=O) groups excluding carboxylic acids is 4. The van der Waals surface area contributed by atoms with Crippen molar-refractivity contribution in [1.82, 2.24) is 4.90 Å². The van der Waals surface area contributed by atoms with Crippen molar-refractivity contribution in [3.8, 4) is 0 Å². The number of imide groups is 1. The van der Waals surface area contributed by atoms with Gasteiger partial charge in [0.25, 0.3) is 23.4 Å². The van der Waals surface area contributed by atoms with Gasteiger partial charge in [0.1, 0.15) is 5.56 Å². The first-order chi connectivity index (χ1) is 14.9. The molecule has 4 rings (SSSR count). The molecule has 0 radical (unpaired) electrons. The van der Waals surface area contributed by atoms with Crippen LogP contribution in [0.15, 0.2) is 42.5 Å². The molecule has 2 heterocycles. The molecule has 2 aliphatic rings. The second kappa shape index (κ2) is 7.98. The number of para-hydroxylation sites is 1. The van der Waals surface area contributed by atoms with E-state index in [-0.39, 0.29) is 30.0 Å². The molecule has 2 aromatic rings. The monoisotopic (exact) mass is 423 g/mol. The number of benzene rings is 2. The van der Waals surface area contributed by atoms with Gasteiger partial charge in [-0.3, -0.25) is 34.2 Å². The first-order valence-corrected chi connectivity index (χ1v) is 9.56. The largest absolute Gasteiger partial charge is 0.455 e. The number of amides is 3. The summed E-state index contributed by atoms with van der Waals surface area (Å²) >= 11 is 0. The molecule has 0 aliphatic carbocycles. The third-order valence-corrected chi connectivity index (χ3v) is 5.26. The zero-order chi connectivity index (χ0) is 22.1. The Labute approximate surface area is 176 Å². The summed E-state index contributed by atoms with van der Waals surface area (Å²) < 4.78 is 5.01. The minimum absolute atomic E-state index is 0.0737. The number of carbonyl (C=O) groups is 4. The molecule has 3 amide bonds. The molecule has 10 nitrogen and oxygen atoms in total. The van der Waals surface area contributed by atoms with Crippen molar-refractivity contribution in [2.75, 3.05) is 24.6 Å². The molecule has 0 unspecified atom stereocenters. The van der Waals surface area contributed by atoms with Crippen molar-refractivity contribution in [3.05, 3.63) is 69.3 Å². The van der Waals surface area contributed by atoms with E-state index in [4.69, 9.17) is 4.74 Å². The molecule has 0 saturated heterocycles. The molecule has 0 spiro atoms. The molecule has 0 bridgehead atoms. The Morgan fingerprint density at radius 3 is 2.61 bits per heavy atom. The number of anilines is 1. The molecule has 0 fully saturated rings.